The van der Waals surface area contributed by atoms with Crippen LogP contribution in [0.2, 0.25) is 0 Å². The average molecular weight is 482 g/mol. The number of hydrogen-bond donors (Lipinski definition) is 2. The zero-order valence-corrected chi connectivity index (χ0v) is 19.7. The zero-order valence-electron chi connectivity index (χ0n) is 19.7. The Morgan fingerprint density at radius 2 is 1.67 bits per heavy atom. The Morgan fingerprint density at radius 3 is 2.47 bits per heavy atom. The molecule has 0 fully saturated rings. The highest BCUT2D eigenvalue weighted by Crippen LogP contribution is 2.17. The predicted molar refractivity (Wildman–Crippen MR) is 136 cm³/mol. The fraction of sp³-hybridized carbons (Fsp3) is 0.115. The summed E-state index contributed by atoms with van der Waals surface area (Å²) in [6.07, 6.45) is 0. The largest absolute Gasteiger partial charge is 0.324 e. The quantitative estimate of drug-likeness (QED) is 0.387. The molecule has 0 atom stereocenters. The molecule has 0 spiro atoms. The van der Waals surface area contributed by atoms with E-state index in [0.717, 1.165) is 5.52 Å². The summed E-state index contributed by atoms with van der Waals surface area (Å²) in [7, 11) is 1.76. The number of nitrogens with one attached hydrogen (secondary N) is 2. The van der Waals surface area contributed by atoms with E-state index in [4.69, 9.17) is 0 Å². The van der Waals surface area contributed by atoms with E-state index in [2.05, 4.69) is 20.9 Å². The minimum Gasteiger partial charge on any atom is -0.324 e. The van der Waals surface area contributed by atoms with Gasteiger partial charge in [0.2, 0.25) is 5.91 Å². The lowest BCUT2D eigenvalue weighted by Crippen LogP contribution is -2.23. The van der Waals surface area contributed by atoms with Gasteiger partial charge in [-0.25, -0.2) is 9.36 Å². The molecule has 0 saturated heterocycles. The molecule has 0 unspecified atom stereocenters. The van der Waals surface area contributed by atoms with Gasteiger partial charge in [0, 0.05) is 18.3 Å². The van der Waals surface area contributed by atoms with Gasteiger partial charge < -0.3 is 10.6 Å². The third kappa shape index (κ3) is 4.27. The molecular weight excluding hydrogens is 458 g/mol. The second-order valence-electron chi connectivity index (χ2n) is 8.26. The van der Waals surface area contributed by atoms with Crippen LogP contribution in [-0.2, 0) is 18.4 Å². The molecule has 0 radical (unpaired) electrons. The number of benzene rings is 3. The first kappa shape index (κ1) is 22.8. The van der Waals surface area contributed by atoms with Crippen LogP contribution in [0.3, 0.4) is 0 Å². The fourth-order valence-electron chi connectivity index (χ4n) is 4.01. The molecule has 0 aliphatic rings. The van der Waals surface area contributed by atoms with Gasteiger partial charge in [0.05, 0.1) is 16.9 Å². The van der Waals surface area contributed by atoms with Crippen LogP contribution in [0.25, 0.3) is 16.7 Å². The molecule has 2 aromatic heterocycles. The van der Waals surface area contributed by atoms with E-state index < -0.39 is 5.91 Å². The summed E-state index contributed by atoms with van der Waals surface area (Å²) >= 11 is 0. The van der Waals surface area contributed by atoms with Crippen molar-refractivity contribution in [2.45, 2.75) is 13.5 Å². The first-order valence-corrected chi connectivity index (χ1v) is 11.3. The number of aromatic nitrogens is 5. The van der Waals surface area contributed by atoms with Crippen molar-refractivity contribution in [3.05, 3.63) is 100 Å². The predicted octanol–water partition coefficient (Wildman–Crippen LogP) is 3.12. The molecule has 2 N–H and O–H groups in total. The van der Waals surface area contributed by atoms with E-state index >= 15 is 0 Å². The third-order valence-electron chi connectivity index (χ3n) is 5.91. The Labute approximate surface area is 205 Å². The van der Waals surface area contributed by atoms with Crippen molar-refractivity contribution < 1.29 is 9.59 Å². The number of nitrogens with zero attached hydrogens (tertiary/aromatic N) is 5. The fourth-order valence-corrected chi connectivity index (χ4v) is 4.01. The molecule has 10 nitrogen and oxygen atoms in total. The highest BCUT2D eigenvalue weighted by molar-refractivity contribution is 6.05. The number of para-hydroxylation sites is 2. The van der Waals surface area contributed by atoms with Crippen LogP contribution < -0.4 is 16.2 Å². The second kappa shape index (κ2) is 9.34. The highest BCUT2D eigenvalue weighted by atomic mass is 16.2. The first-order chi connectivity index (χ1) is 17.4. The van der Waals surface area contributed by atoms with Crippen molar-refractivity contribution in [1.29, 1.82) is 0 Å². The van der Waals surface area contributed by atoms with E-state index in [1.807, 2.05) is 54.6 Å². The molecule has 5 rings (SSSR count). The average Bonchev–Trinajstić information content (AvgIpc) is 3.38. The molecular formula is C26H23N7O3. The number of amides is 2. The number of carbonyl (C=O) groups is 2. The second-order valence-corrected chi connectivity index (χ2v) is 8.26. The number of anilines is 2. The van der Waals surface area contributed by atoms with Gasteiger partial charge in [0.15, 0.2) is 0 Å². The maximum absolute atomic E-state index is 13.1. The molecule has 10 heteroatoms. The molecule has 2 amide bonds. The molecule has 0 aliphatic heterocycles. The topological polar surface area (TPSA) is 116 Å². The molecule has 2 heterocycles. The van der Waals surface area contributed by atoms with Gasteiger partial charge in [0.1, 0.15) is 17.7 Å². The minimum atomic E-state index is -0.459. The van der Waals surface area contributed by atoms with Crippen molar-refractivity contribution in [3.8, 4) is 5.69 Å². The lowest BCUT2D eigenvalue weighted by Gasteiger charge is -2.08. The number of carbonyl (C=O) groups excluding carboxylic acids is 2. The Kier molecular flexibility index (Phi) is 5.91. The Balaban J connectivity index is 1.32. The Hall–Kier alpha value is -4.99. The zero-order chi connectivity index (χ0) is 25.2. The van der Waals surface area contributed by atoms with Crippen LogP contribution in [0.4, 0.5) is 11.4 Å². The van der Waals surface area contributed by atoms with Crippen LogP contribution in [0, 0.1) is 6.92 Å². The summed E-state index contributed by atoms with van der Waals surface area (Å²) in [6, 6.07) is 23.1. The molecule has 0 aliphatic carbocycles. The molecule has 36 heavy (non-hydrogen) atoms. The van der Waals surface area contributed by atoms with E-state index in [9.17, 15) is 14.4 Å². The van der Waals surface area contributed by atoms with Crippen molar-refractivity contribution in [2.24, 2.45) is 7.05 Å². The van der Waals surface area contributed by atoms with Crippen LogP contribution in [0.15, 0.2) is 83.7 Å². The third-order valence-corrected chi connectivity index (χ3v) is 5.91. The lowest BCUT2D eigenvalue weighted by molar-refractivity contribution is -0.116. The van der Waals surface area contributed by atoms with Gasteiger partial charge in [-0.3, -0.25) is 19.1 Å². The maximum atomic E-state index is 13.1. The SMILES string of the molecule is Cc1c(NC(=O)c2cccc(NC(=O)Cn3nnc4ccccc43)c2)c(=O)n(-c2ccccc2)n1C. The van der Waals surface area contributed by atoms with Gasteiger partial charge in [-0.1, -0.05) is 41.6 Å². The van der Waals surface area contributed by atoms with Crippen LogP contribution >= 0.6 is 0 Å². The summed E-state index contributed by atoms with van der Waals surface area (Å²) < 4.78 is 4.70. The standard InChI is InChI=1S/C26H23N7O3/c1-17-24(26(36)33(31(17)2)20-11-4-3-5-12-20)28-25(35)18-9-8-10-19(15-18)27-23(34)16-32-22-14-7-6-13-21(22)29-30-32/h3-15H,16H2,1-2H3,(H,27,34)(H,28,35). The normalized spacial score (nSPS) is 10.9. The Bertz CT molecular complexity index is 1650. The van der Waals surface area contributed by atoms with E-state index in [0.29, 0.717) is 28.1 Å². The van der Waals surface area contributed by atoms with Crippen LogP contribution in [0.1, 0.15) is 16.1 Å². The maximum Gasteiger partial charge on any atom is 0.295 e. The number of fused-ring (bicyclic) bond motifs is 1. The molecule has 180 valence electrons. The summed E-state index contributed by atoms with van der Waals surface area (Å²) in [5.41, 5.74) is 3.36. The molecule has 0 bridgehead atoms. The highest BCUT2D eigenvalue weighted by Gasteiger charge is 2.19. The van der Waals surface area contributed by atoms with Gasteiger partial charge in [0.25, 0.3) is 11.5 Å². The molecule has 3 aromatic carbocycles. The van der Waals surface area contributed by atoms with E-state index in [-0.39, 0.29) is 23.7 Å². The summed E-state index contributed by atoms with van der Waals surface area (Å²) in [4.78, 5) is 38.7. The summed E-state index contributed by atoms with van der Waals surface area (Å²) in [5.74, 6) is -0.771. The number of hydrogen-bond acceptors (Lipinski definition) is 5. The van der Waals surface area contributed by atoms with Gasteiger partial charge >= 0.3 is 0 Å². The molecule has 5 aromatic rings. The van der Waals surface area contributed by atoms with E-state index in [1.165, 1.54) is 9.36 Å². The summed E-state index contributed by atoms with van der Waals surface area (Å²) in [5, 5.41) is 13.6. The Morgan fingerprint density at radius 1 is 0.917 bits per heavy atom. The van der Waals surface area contributed by atoms with Gasteiger partial charge in [-0.15, -0.1) is 5.10 Å². The first-order valence-electron chi connectivity index (χ1n) is 11.3. The molecule has 0 saturated carbocycles. The van der Waals surface area contributed by atoms with Crippen LogP contribution in [0.5, 0.6) is 0 Å². The van der Waals surface area contributed by atoms with Gasteiger partial charge in [-0.2, -0.15) is 0 Å². The van der Waals surface area contributed by atoms with Crippen LogP contribution in [-0.4, -0.2) is 36.2 Å². The van der Waals surface area contributed by atoms with Crippen molar-refractivity contribution in [3.63, 3.8) is 0 Å². The minimum absolute atomic E-state index is 0.0286. The smallest absolute Gasteiger partial charge is 0.295 e. The lowest BCUT2D eigenvalue weighted by atomic mass is 10.2. The van der Waals surface area contributed by atoms with Crippen molar-refractivity contribution >= 4 is 34.2 Å². The van der Waals surface area contributed by atoms with E-state index in [1.54, 1.807) is 42.9 Å². The monoisotopic (exact) mass is 481 g/mol. The van der Waals surface area contributed by atoms with Crippen molar-refractivity contribution in [2.75, 3.05) is 10.6 Å². The summed E-state index contributed by atoms with van der Waals surface area (Å²) in [6.45, 7) is 1.74. The van der Waals surface area contributed by atoms with Gasteiger partial charge in [-0.05, 0) is 49.4 Å². The van der Waals surface area contributed by atoms with Crippen molar-refractivity contribution in [1.82, 2.24) is 24.4 Å². The number of rotatable bonds is 6.